The third-order valence-corrected chi connectivity index (χ3v) is 13.7. The molecule has 2 aromatic rings. The molecule has 1 aromatic heterocycles. The van der Waals surface area contributed by atoms with Crippen LogP contribution in [0, 0.1) is 25.3 Å². The van der Waals surface area contributed by atoms with E-state index in [4.69, 9.17) is 21.1 Å². The molecule has 7 heteroatoms. The fourth-order valence-electron chi connectivity index (χ4n) is 5.37. The molecule has 38 heavy (non-hydrogen) atoms. The number of benzene rings is 1. The lowest BCUT2D eigenvalue weighted by molar-refractivity contribution is 0.0577. The Hall–Kier alpha value is -2.49. The van der Waals surface area contributed by atoms with E-state index in [1.807, 2.05) is 46.8 Å². The highest BCUT2D eigenvalue weighted by atomic mass is 35.5. The van der Waals surface area contributed by atoms with Gasteiger partial charge in [-0.05, 0) is 69.4 Å². The minimum absolute atomic E-state index is 0.202. The molecule has 0 saturated heterocycles. The number of nitrogens with zero attached hydrogens (tertiary/aromatic N) is 2. The van der Waals surface area contributed by atoms with E-state index >= 15 is 0 Å². The van der Waals surface area contributed by atoms with Crippen molar-refractivity contribution in [2.45, 2.75) is 105 Å². The molecule has 1 amide bonds. The second-order valence-electron chi connectivity index (χ2n) is 12.0. The second kappa shape index (κ2) is 12.6. The van der Waals surface area contributed by atoms with Crippen molar-refractivity contribution >= 4 is 31.5 Å². The van der Waals surface area contributed by atoms with Crippen LogP contribution < -0.4 is 9.64 Å². The number of anilines is 1. The molecule has 0 atom stereocenters. The van der Waals surface area contributed by atoms with Gasteiger partial charge in [0.05, 0.1) is 25.0 Å². The molecular weight excluding hydrogens is 512 g/mol. The number of pyridine rings is 1. The molecule has 5 nitrogen and oxygen atoms in total. The summed E-state index contributed by atoms with van der Waals surface area (Å²) in [5, 5.41) is 0.512. The number of hydrogen-bond acceptors (Lipinski definition) is 4. The Balaban J connectivity index is 2.66. The SMILES string of the molecule is COc1c(C)cnc(CN(C(=O)OC(C)(C)C)c2cc(Cl)cc(C#C[Si](C(C)C)(C(C)C)C(C)C)c2)c1C. The monoisotopic (exact) mass is 556 g/mol. The van der Waals surface area contributed by atoms with Crippen LogP contribution in [0.1, 0.15) is 84.7 Å². The minimum atomic E-state index is -1.94. The van der Waals surface area contributed by atoms with Gasteiger partial charge in [-0.3, -0.25) is 9.88 Å². The molecular formula is C31H45ClN2O3Si. The first-order valence-electron chi connectivity index (χ1n) is 13.4. The van der Waals surface area contributed by atoms with Gasteiger partial charge in [0, 0.05) is 27.9 Å². The smallest absolute Gasteiger partial charge is 0.415 e. The predicted molar refractivity (Wildman–Crippen MR) is 162 cm³/mol. The highest BCUT2D eigenvalue weighted by Gasteiger charge is 2.41. The van der Waals surface area contributed by atoms with Crippen LogP contribution in [-0.4, -0.2) is 31.9 Å². The van der Waals surface area contributed by atoms with Gasteiger partial charge in [-0.25, -0.2) is 4.79 Å². The summed E-state index contributed by atoms with van der Waals surface area (Å²) >= 11 is 6.60. The van der Waals surface area contributed by atoms with Crippen molar-refractivity contribution in [1.82, 2.24) is 4.98 Å². The van der Waals surface area contributed by atoms with E-state index in [1.165, 1.54) is 0 Å². The van der Waals surface area contributed by atoms with Crippen molar-refractivity contribution in [1.29, 1.82) is 0 Å². The number of halogens is 1. The van der Waals surface area contributed by atoms with Crippen LogP contribution >= 0.6 is 11.6 Å². The number of hydrogen-bond donors (Lipinski definition) is 0. The van der Waals surface area contributed by atoms with Gasteiger partial charge in [0.25, 0.3) is 0 Å². The van der Waals surface area contributed by atoms with Gasteiger partial charge in [0.2, 0.25) is 0 Å². The maximum atomic E-state index is 13.5. The molecule has 0 aliphatic carbocycles. The van der Waals surface area contributed by atoms with Crippen LogP contribution in [0.4, 0.5) is 10.5 Å². The van der Waals surface area contributed by atoms with E-state index in [1.54, 1.807) is 24.3 Å². The zero-order valence-electron chi connectivity index (χ0n) is 25.2. The molecule has 0 aliphatic heterocycles. The Morgan fingerprint density at radius 3 is 2.13 bits per heavy atom. The number of ether oxygens (including phenoxy) is 2. The van der Waals surface area contributed by atoms with Crippen molar-refractivity contribution in [3.8, 4) is 17.2 Å². The van der Waals surface area contributed by atoms with Crippen molar-refractivity contribution in [3.05, 3.63) is 51.8 Å². The zero-order valence-corrected chi connectivity index (χ0v) is 27.0. The third kappa shape index (κ3) is 7.33. The standard InChI is InChI=1S/C31H45ClN2O3Si/c1-20(2)38(21(3)4,22(5)6)14-13-25-15-26(32)17-27(16-25)34(30(35)37-31(9,10)11)19-28-24(8)29(36-12)23(7)18-33-28/h15-18,20-22H,19H2,1-12H3. The Kier molecular flexibility index (Phi) is 10.5. The molecule has 208 valence electrons. The van der Waals surface area contributed by atoms with Crippen molar-refractivity contribution in [3.63, 3.8) is 0 Å². The minimum Gasteiger partial charge on any atom is -0.496 e. The summed E-state index contributed by atoms with van der Waals surface area (Å²) in [7, 11) is -0.303. The summed E-state index contributed by atoms with van der Waals surface area (Å²) in [5.41, 5.74) is 8.56. The van der Waals surface area contributed by atoms with Gasteiger partial charge in [-0.15, -0.1) is 5.54 Å². The Labute approximate surface area is 236 Å². The molecule has 2 rings (SSSR count). The van der Waals surface area contributed by atoms with E-state index < -0.39 is 19.8 Å². The summed E-state index contributed by atoms with van der Waals surface area (Å²) in [6.45, 7) is 23.4. The molecule has 1 aromatic carbocycles. The van der Waals surface area contributed by atoms with Gasteiger partial charge >= 0.3 is 6.09 Å². The number of aromatic nitrogens is 1. The molecule has 0 radical (unpaired) electrons. The topological polar surface area (TPSA) is 51.7 Å². The van der Waals surface area contributed by atoms with Crippen molar-refractivity contribution in [2.24, 2.45) is 0 Å². The van der Waals surface area contributed by atoms with Crippen LogP contribution in [0.3, 0.4) is 0 Å². The zero-order chi connectivity index (χ0) is 29.0. The lowest BCUT2D eigenvalue weighted by Crippen LogP contribution is -2.43. The maximum Gasteiger partial charge on any atom is 0.415 e. The van der Waals surface area contributed by atoms with E-state index in [2.05, 4.69) is 58.0 Å². The Morgan fingerprint density at radius 2 is 1.63 bits per heavy atom. The first kappa shape index (κ1) is 31.7. The Morgan fingerprint density at radius 1 is 1.05 bits per heavy atom. The average molecular weight is 557 g/mol. The Bertz CT molecular complexity index is 1180. The fraction of sp³-hybridized carbons (Fsp3) is 0.548. The first-order chi connectivity index (χ1) is 17.5. The maximum absolute atomic E-state index is 13.5. The molecule has 0 spiro atoms. The van der Waals surface area contributed by atoms with Crippen LogP contribution in [0.15, 0.2) is 24.4 Å². The molecule has 0 saturated carbocycles. The predicted octanol–water partition coefficient (Wildman–Crippen LogP) is 8.87. The summed E-state index contributed by atoms with van der Waals surface area (Å²) in [5.74, 6) is 4.23. The lowest BCUT2D eigenvalue weighted by Gasteiger charge is -2.38. The lowest BCUT2D eigenvalue weighted by atomic mass is 10.1. The highest BCUT2D eigenvalue weighted by molar-refractivity contribution is 6.90. The first-order valence-corrected chi connectivity index (χ1v) is 16.0. The van der Waals surface area contributed by atoms with Gasteiger partial charge in [0.1, 0.15) is 19.4 Å². The molecule has 0 unspecified atom stereocenters. The van der Waals surface area contributed by atoms with Gasteiger partial charge in [-0.1, -0.05) is 59.1 Å². The highest BCUT2D eigenvalue weighted by Crippen LogP contribution is 2.41. The summed E-state index contributed by atoms with van der Waals surface area (Å²) in [6.07, 6.45) is 1.28. The summed E-state index contributed by atoms with van der Waals surface area (Å²) < 4.78 is 11.4. The normalized spacial score (nSPS) is 12.0. The van der Waals surface area contributed by atoms with Crippen molar-refractivity contribution in [2.75, 3.05) is 12.0 Å². The second-order valence-corrected chi connectivity index (χ2v) is 18.0. The summed E-state index contributed by atoms with van der Waals surface area (Å²) in [4.78, 5) is 19.7. The van der Waals surface area contributed by atoms with Gasteiger partial charge < -0.3 is 9.47 Å². The number of methoxy groups -OCH3 is 1. The molecule has 0 N–H and O–H groups in total. The number of carbonyl (C=O) groups excluding carboxylic acids is 1. The van der Waals surface area contributed by atoms with Crippen LogP contribution in [0.2, 0.25) is 21.6 Å². The van der Waals surface area contributed by atoms with Crippen molar-refractivity contribution < 1.29 is 14.3 Å². The molecule has 0 aliphatic rings. The molecule has 1 heterocycles. The van der Waals surface area contributed by atoms with Gasteiger partial charge in [-0.2, -0.15) is 0 Å². The molecule has 0 fully saturated rings. The van der Waals surface area contributed by atoms with Crippen LogP contribution in [0.25, 0.3) is 0 Å². The summed E-state index contributed by atoms with van der Waals surface area (Å²) in [6, 6.07) is 5.56. The van der Waals surface area contributed by atoms with Gasteiger partial charge in [0.15, 0.2) is 0 Å². The van der Waals surface area contributed by atoms with E-state index in [0.717, 1.165) is 28.1 Å². The number of carbonyl (C=O) groups is 1. The van der Waals surface area contributed by atoms with E-state index in [9.17, 15) is 4.79 Å². The fourth-order valence-corrected chi connectivity index (χ4v) is 10.8. The number of amides is 1. The third-order valence-electron chi connectivity index (χ3n) is 7.16. The largest absolute Gasteiger partial charge is 0.496 e. The number of aryl methyl sites for hydroxylation is 1. The quantitative estimate of drug-likeness (QED) is 0.252. The van der Waals surface area contributed by atoms with E-state index in [0.29, 0.717) is 27.3 Å². The van der Waals surface area contributed by atoms with Crippen LogP contribution in [-0.2, 0) is 11.3 Å². The van der Waals surface area contributed by atoms with Crippen LogP contribution in [0.5, 0.6) is 5.75 Å². The molecule has 0 bridgehead atoms. The van der Waals surface area contributed by atoms with E-state index in [-0.39, 0.29) is 6.54 Å². The average Bonchev–Trinajstić information content (AvgIpc) is 2.77. The number of rotatable bonds is 7.